The minimum atomic E-state index is -0.929. The highest BCUT2D eigenvalue weighted by Gasteiger charge is 2.06. The lowest BCUT2D eigenvalue weighted by atomic mass is 10.1. The van der Waals surface area contributed by atoms with E-state index in [-0.39, 0.29) is 5.56 Å². The van der Waals surface area contributed by atoms with Crippen molar-refractivity contribution in [2.24, 2.45) is 0 Å². The van der Waals surface area contributed by atoms with Crippen molar-refractivity contribution in [2.75, 3.05) is 6.61 Å². The monoisotopic (exact) mass is 284 g/mol. The lowest BCUT2D eigenvalue weighted by molar-refractivity contribution is 0.0696. The van der Waals surface area contributed by atoms with Gasteiger partial charge in [-0.2, -0.15) is 0 Å². The van der Waals surface area contributed by atoms with Crippen LogP contribution in [0.3, 0.4) is 0 Å². The molecule has 86 valence electrons. The Bertz CT molecular complexity index is 399. The zero-order valence-corrected chi connectivity index (χ0v) is 10.5. The number of halogens is 1. The molecule has 0 aliphatic rings. The highest BCUT2D eigenvalue weighted by atomic mass is 79.9. The third kappa shape index (κ3) is 3.79. The Labute approximate surface area is 103 Å². The minimum absolute atomic E-state index is 0.268. The summed E-state index contributed by atoms with van der Waals surface area (Å²) in [6.45, 7) is 2.95. The highest BCUT2D eigenvalue weighted by Crippen LogP contribution is 2.19. The molecule has 16 heavy (non-hydrogen) atoms. The van der Waals surface area contributed by atoms with Crippen molar-refractivity contribution in [3.05, 3.63) is 46.0 Å². The Morgan fingerprint density at radius 2 is 2.31 bits per heavy atom. The van der Waals surface area contributed by atoms with Gasteiger partial charge in [0.1, 0.15) is 0 Å². The molecule has 0 spiro atoms. The third-order valence-corrected chi connectivity index (χ3v) is 2.75. The Hall–Kier alpha value is -1.13. The van der Waals surface area contributed by atoms with E-state index in [9.17, 15) is 4.79 Å². The average molecular weight is 285 g/mol. The normalized spacial score (nSPS) is 10.9. The fourth-order valence-electron chi connectivity index (χ4n) is 1.13. The molecule has 0 atom stereocenters. The Morgan fingerprint density at radius 3 is 2.88 bits per heavy atom. The number of rotatable bonds is 5. The number of carboxylic acid groups (broad SMARTS) is 1. The van der Waals surface area contributed by atoms with E-state index in [0.29, 0.717) is 13.2 Å². The van der Waals surface area contributed by atoms with E-state index < -0.39 is 5.97 Å². The second kappa shape index (κ2) is 6.45. The van der Waals surface area contributed by atoms with E-state index in [1.807, 2.05) is 19.1 Å². The second-order valence-electron chi connectivity index (χ2n) is 3.20. The van der Waals surface area contributed by atoms with E-state index in [0.717, 1.165) is 10.0 Å². The molecule has 0 fully saturated rings. The van der Waals surface area contributed by atoms with Gasteiger partial charge in [0.15, 0.2) is 0 Å². The van der Waals surface area contributed by atoms with Gasteiger partial charge in [-0.1, -0.05) is 34.1 Å². The van der Waals surface area contributed by atoms with Crippen LogP contribution in [0, 0.1) is 0 Å². The Kier molecular flexibility index (Phi) is 5.22. The zero-order chi connectivity index (χ0) is 12.0. The molecule has 0 amide bonds. The van der Waals surface area contributed by atoms with Gasteiger partial charge in [0.05, 0.1) is 18.8 Å². The van der Waals surface area contributed by atoms with Gasteiger partial charge in [0, 0.05) is 4.47 Å². The molecule has 1 N–H and O–H groups in total. The van der Waals surface area contributed by atoms with Crippen LogP contribution in [0.4, 0.5) is 0 Å². The summed E-state index contributed by atoms with van der Waals surface area (Å²) in [5.41, 5.74) is 1.21. The predicted molar refractivity (Wildman–Crippen MR) is 65.6 cm³/mol. The summed E-state index contributed by atoms with van der Waals surface area (Å²) in [5.74, 6) is -0.929. The second-order valence-corrected chi connectivity index (χ2v) is 4.05. The maximum absolute atomic E-state index is 10.7. The molecular weight excluding hydrogens is 272 g/mol. The summed E-state index contributed by atoms with van der Waals surface area (Å²) in [4.78, 5) is 10.7. The first-order valence-corrected chi connectivity index (χ1v) is 5.65. The molecule has 0 unspecified atom stereocenters. The quantitative estimate of drug-likeness (QED) is 0.667. The summed E-state index contributed by atoms with van der Waals surface area (Å²) in [6, 6.07) is 4.90. The molecule has 0 radical (unpaired) electrons. The van der Waals surface area contributed by atoms with Crippen molar-refractivity contribution >= 4 is 21.9 Å². The van der Waals surface area contributed by atoms with Crippen LogP contribution in [0.2, 0.25) is 0 Å². The van der Waals surface area contributed by atoms with Crippen LogP contribution in [-0.4, -0.2) is 17.7 Å². The molecule has 1 aromatic carbocycles. The maximum atomic E-state index is 10.7. The molecule has 0 heterocycles. The van der Waals surface area contributed by atoms with Crippen LogP contribution in [0.5, 0.6) is 0 Å². The van der Waals surface area contributed by atoms with Crippen LogP contribution >= 0.6 is 15.9 Å². The molecule has 4 heteroatoms. The largest absolute Gasteiger partial charge is 0.478 e. The van der Waals surface area contributed by atoms with Crippen molar-refractivity contribution < 1.29 is 14.6 Å². The topological polar surface area (TPSA) is 46.5 Å². The van der Waals surface area contributed by atoms with Crippen molar-refractivity contribution in [1.82, 2.24) is 0 Å². The fourth-order valence-corrected chi connectivity index (χ4v) is 1.62. The first-order chi connectivity index (χ1) is 7.65. The lowest BCUT2D eigenvalue weighted by Gasteiger charge is -2.05. The Morgan fingerprint density at radius 1 is 1.56 bits per heavy atom. The zero-order valence-electron chi connectivity index (χ0n) is 8.94. The standard InChI is InChI=1S/C12H13BrO3/c1-2-3-6-16-8-10-5-4-9(12(14)15)7-11(10)13/h2-5,7H,6,8H2,1H3,(H,14,15)/b3-2+. The van der Waals surface area contributed by atoms with Crippen molar-refractivity contribution in [2.45, 2.75) is 13.5 Å². The van der Waals surface area contributed by atoms with Crippen LogP contribution < -0.4 is 0 Å². The summed E-state index contributed by atoms with van der Waals surface area (Å²) in [6.07, 6.45) is 3.84. The number of ether oxygens (including phenoxy) is 1. The van der Waals surface area contributed by atoms with E-state index in [2.05, 4.69) is 15.9 Å². The number of allylic oxidation sites excluding steroid dienone is 1. The molecule has 1 aromatic rings. The van der Waals surface area contributed by atoms with Gasteiger partial charge in [-0.3, -0.25) is 0 Å². The minimum Gasteiger partial charge on any atom is -0.478 e. The third-order valence-electron chi connectivity index (χ3n) is 2.01. The van der Waals surface area contributed by atoms with Gasteiger partial charge in [-0.25, -0.2) is 4.79 Å². The van der Waals surface area contributed by atoms with Crippen LogP contribution in [0.1, 0.15) is 22.8 Å². The van der Waals surface area contributed by atoms with Crippen LogP contribution in [-0.2, 0) is 11.3 Å². The number of carboxylic acids is 1. The summed E-state index contributed by atoms with van der Waals surface area (Å²) < 4.78 is 6.13. The number of hydrogen-bond acceptors (Lipinski definition) is 2. The molecule has 0 saturated carbocycles. The van der Waals surface area contributed by atoms with E-state index in [1.54, 1.807) is 18.2 Å². The summed E-state index contributed by atoms with van der Waals surface area (Å²) >= 11 is 3.32. The summed E-state index contributed by atoms with van der Waals surface area (Å²) in [7, 11) is 0. The smallest absolute Gasteiger partial charge is 0.335 e. The number of aromatic carboxylic acids is 1. The molecular formula is C12H13BrO3. The molecule has 0 aliphatic heterocycles. The van der Waals surface area contributed by atoms with Gasteiger partial charge < -0.3 is 9.84 Å². The lowest BCUT2D eigenvalue weighted by Crippen LogP contribution is -1.99. The number of carbonyl (C=O) groups is 1. The van der Waals surface area contributed by atoms with E-state index in [4.69, 9.17) is 9.84 Å². The predicted octanol–water partition coefficient (Wildman–Crippen LogP) is 3.24. The van der Waals surface area contributed by atoms with Gasteiger partial charge in [0.2, 0.25) is 0 Å². The molecule has 3 nitrogen and oxygen atoms in total. The number of hydrogen-bond donors (Lipinski definition) is 1. The fraction of sp³-hybridized carbons (Fsp3) is 0.250. The molecule has 0 saturated heterocycles. The maximum Gasteiger partial charge on any atom is 0.335 e. The van der Waals surface area contributed by atoms with Gasteiger partial charge in [-0.15, -0.1) is 0 Å². The summed E-state index contributed by atoms with van der Waals surface area (Å²) in [5, 5.41) is 8.78. The van der Waals surface area contributed by atoms with E-state index in [1.165, 1.54) is 0 Å². The van der Waals surface area contributed by atoms with E-state index >= 15 is 0 Å². The molecule has 0 bridgehead atoms. The SMILES string of the molecule is C/C=C/COCc1ccc(C(=O)O)cc1Br. The molecule has 0 aromatic heterocycles. The first-order valence-electron chi connectivity index (χ1n) is 4.85. The van der Waals surface area contributed by atoms with Crippen molar-refractivity contribution in [3.63, 3.8) is 0 Å². The molecule has 1 rings (SSSR count). The molecule has 0 aliphatic carbocycles. The van der Waals surface area contributed by atoms with Crippen LogP contribution in [0.25, 0.3) is 0 Å². The van der Waals surface area contributed by atoms with Gasteiger partial charge >= 0.3 is 5.97 Å². The van der Waals surface area contributed by atoms with Crippen molar-refractivity contribution in [1.29, 1.82) is 0 Å². The Balaban J connectivity index is 2.64. The number of benzene rings is 1. The van der Waals surface area contributed by atoms with Gasteiger partial charge in [0.25, 0.3) is 0 Å². The van der Waals surface area contributed by atoms with Crippen molar-refractivity contribution in [3.8, 4) is 0 Å². The first kappa shape index (κ1) is 12.9. The highest BCUT2D eigenvalue weighted by molar-refractivity contribution is 9.10. The van der Waals surface area contributed by atoms with Crippen LogP contribution in [0.15, 0.2) is 34.8 Å². The van der Waals surface area contributed by atoms with Gasteiger partial charge in [-0.05, 0) is 24.6 Å². The average Bonchev–Trinajstić information content (AvgIpc) is 2.26.